The molecule has 4 nitrogen and oxygen atoms in total. The Bertz CT molecular complexity index is 97.2. The van der Waals surface area contributed by atoms with Crippen LogP contribution >= 0.6 is 0 Å². The number of rotatable bonds is 0. The molecule has 46 valence electrons. The van der Waals surface area contributed by atoms with Gasteiger partial charge < -0.3 is 2.85 Å². The van der Waals surface area contributed by atoms with Gasteiger partial charge in [-0.15, -0.1) is 0 Å². The van der Waals surface area contributed by atoms with Crippen molar-refractivity contribution >= 4 is 10.4 Å². The van der Waals surface area contributed by atoms with E-state index in [1.54, 1.807) is 0 Å². The molecule has 2 N–H and O–H groups in total. The van der Waals surface area contributed by atoms with E-state index in [0.29, 0.717) is 0 Å². The van der Waals surface area contributed by atoms with E-state index in [1.807, 2.05) is 0 Å². The Morgan fingerprint density at radius 1 is 1.33 bits per heavy atom. The van der Waals surface area contributed by atoms with E-state index >= 15 is 0 Å². The zero-order valence-corrected chi connectivity index (χ0v) is 4.81. The fourth-order valence-electron chi connectivity index (χ4n) is 0. The molecule has 0 rings (SSSR count). The molecule has 0 saturated heterocycles. The average molecular weight is 207 g/mol. The summed E-state index contributed by atoms with van der Waals surface area (Å²) in [6, 6.07) is 0. The Morgan fingerprint density at radius 3 is 1.33 bits per heavy atom. The molecule has 0 aromatic rings. The first-order valence-electron chi connectivity index (χ1n) is 0.698. The van der Waals surface area contributed by atoms with Gasteiger partial charge in [0.05, 0.1) is 0 Å². The second-order valence-electron chi connectivity index (χ2n) is 0.448. The summed E-state index contributed by atoms with van der Waals surface area (Å²) in [5.41, 5.74) is 0. The van der Waals surface area contributed by atoms with E-state index in [1.165, 1.54) is 0 Å². The van der Waals surface area contributed by atoms with Gasteiger partial charge in [0.1, 0.15) is 0 Å². The molecule has 0 aliphatic heterocycles. The quantitative estimate of drug-likeness (QED) is 0.417. The summed E-state index contributed by atoms with van der Waals surface area (Å²) in [6.07, 6.45) is 0. The Morgan fingerprint density at radius 2 is 1.33 bits per heavy atom. The first-order valence-corrected chi connectivity index (χ1v) is 2.10. The standard InChI is InChI=1S/H2O4S.Pd.2H/c1-5(2,3)4;;;/h(H2,1,2,3,4);;;/q;;2*-1. The maximum atomic E-state index is 8.74. The third-order valence-electron chi connectivity index (χ3n) is 0. The van der Waals surface area contributed by atoms with Crippen molar-refractivity contribution in [2.24, 2.45) is 0 Å². The molecule has 6 heavy (non-hydrogen) atoms. The zero-order valence-electron chi connectivity index (χ0n) is 4.44. The van der Waals surface area contributed by atoms with Crippen molar-refractivity contribution in [3.63, 3.8) is 0 Å². The molecule has 0 aliphatic rings. The molecule has 0 bridgehead atoms. The van der Waals surface area contributed by atoms with E-state index in [9.17, 15) is 0 Å². The fraction of sp³-hybridized carbons (Fsp3) is 0. The molecule has 0 radical (unpaired) electrons. The van der Waals surface area contributed by atoms with Gasteiger partial charge in [-0.2, -0.15) is 8.42 Å². The van der Waals surface area contributed by atoms with Gasteiger partial charge in [0.2, 0.25) is 0 Å². The monoisotopic (exact) mass is 206 g/mol. The summed E-state index contributed by atoms with van der Waals surface area (Å²) in [4.78, 5) is 0. The minimum absolute atomic E-state index is 0. The predicted molar refractivity (Wildman–Crippen MR) is 16.4 cm³/mol. The van der Waals surface area contributed by atoms with Gasteiger partial charge in [0.15, 0.2) is 0 Å². The molecule has 0 aromatic carbocycles. The first-order chi connectivity index (χ1) is 2.00. The topological polar surface area (TPSA) is 74.6 Å². The smallest absolute Gasteiger partial charge is 0.394 e. The molecule has 0 aromatic heterocycles. The van der Waals surface area contributed by atoms with Gasteiger partial charge in [0, 0.05) is 20.4 Å². The van der Waals surface area contributed by atoms with Crippen LogP contribution in [-0.4, -0.2) is 17.5 Å². The molecule has 0 unspecified atom stereocenters. The molecule has 0 amide bonds. The van der Waals surface area contributed by atoms with Crippen LogP contribution < -0.4 is 0 Å². The second kappa shape index (κ2) is 2.66. The predicted octanol–water partition coefficient (Wildman–Crippen LogP) is -0.430. The van der Waals surface area contributed by atoms with Crippen molar-refractivity contribution in [2.75, 3.05) is 0 Å². The van der Waals surface area contributed by atoms with Crippen LogP contribution in [0.4, 0.5) is 0 Å². The zero-order chi connectivity index (χ0) is 4.50. The van der Waals surface area contributed by atoms with Gasteiger partial charge in [-0.3, -0.25) is 9.11 Å². The maximum Gasteiger partial charge on any atom is 0.394 e. The third kappa shape index (κ3) is 200. The number of hydrogen-bond donors (Lipinski definition) is 2. The van der Waals surface area contributed by atoms with Gasteiger partial charge in [-0.05, 0) is 0 Å². The van der Waals surface area contributed by atoms with Gasteiger partial charge >= 0.3 is 10.4 Å². The minimum atomic E-state index is -4.67. The summed E-state index contributed by atoms with van der Waals surface area (Å²) < 4.78 is 31.6. The van der Waals surface area contributed by atoms with Crippen LogP contribution in [-0.2, 0) is 30.8 Å². The Balaban J connectivity index is -0.0000000267. The van der Waals surface area contributed by atoms with Crippen molar-refractivity contribution in [1.82, 2.24) is 0 Å². The van der Waals surface area contributed by atoms with Crippen LogP contribution in [0, 0.1) is 0 Å². The van der Waals surface area contributed by atoms with E-state index in [0.717, 1.165) is 0 Å². The number of hydrogen-bond acceptors (Lipinski definition) is 2. The Kier molecular flexibility index (Phi) is 4.32. The molecule has 0 atom stereocenters. The van der Waals surface area contributed by atoms with Crippen molar-refractivity contribution in [3.8, 4) is 0 Å². The van der Waals surface area contributed by atoms with Crippen LogP contribution in [0.25, 0.3) is 0 Å². The van der Waals surface area contributed by atoms with E-state index in [-0.39, 0.29) is 23.3 Å². The first kappa shape index (κ1) is 9.73. The fourth-order valence-corrected chi connectivity index (χ4v) is 0. The van der Waals surface area contributed by atoms with Crippen molar-refractivity contribution < 1.29 is 40.8 Å². The van der Waals surface area contributed by atoms with Crippen LogP contribution in [0.5, 0.6) is 0 Å². The minimum Gasteiger partial charge on any atom is -1.00 e. The van der Waals surface area contributed by atoms with Crippen LogP contribution in [0.2, 0.25) is 0 Å². The third-order valence-corrected chi connectivity index (χ3v) is 0. The SMILES string of the molecule is O=S(=O)(O)O.[H-].[H-].[Pd]. The van der Waals surface area contributed by atoms with Crippen molar-refractivity contribution in [2.45, 2.75) is 0 Å². The summed E-state index contributed by atoms with van der Waals surface area (Å²) in [5.74, 6) is 0. The van der Waals surface area contributed by atoms with E-state index < -0.39 is 10.4 Å². The van der Waals surface area contributed by atoms with Crippen molar-refractivity contribution in [3.05, 3.63) is 0 Å². The maximum absolute atomic E-state index is 8.74. The summed E-state index contributed by atoms with van der Waals surface area (Å²) >= 11 is 0. The molecular weight excluding hydrogens is 202 g/mol. The van der Waals surface area contributed by atoms with E-state index in [4.69, 9.17) is 17.5 Å². The summed E-state index contributed by atoms with van der Waals surface area (Å²) in [7, 11) is -4.67. The normalized spacial score (nSPS) is 9.67. The molecule has 0 fully saturated rings. The molecule has 6 heteroatoms. The largest absolute Gasteiger partial charge is 1.00 e. The Labute approximate surface area is 51.8 Å². The summed E-state index contributed by atoms with van der Waals surface area (Å²) in [6.45, 7) is 0. The molecule has 0 heterocycles. The van der Waals surface area contributed by atoms with Gasteiger partial charge in [0.25, 0.3) is 0 Å². The van der Waals surface area contributed by atoms with Crippen LogP contribution in [0.3, 0.4) is 0 Å². The second-order valence-corrected chi connectivity index (χ2v) is 1.34. The molecule has 0 aliphatic carbocycles. The van der Waals surface area contributed by atoms with E-state index in [2.05, 4.69) is 0 Å². The van der Waals surface area contributed by atoms with Crippen LogP contribution in [0.1, 0.15) is 2.85 Å². The molecular formula is H4O4PdS-2. The molecule has 0 saturated carbocycles. The summed E-state index contributed by atoms with van der Waals surface area (Å²) in [5, 5.41) is 0. The van der Waals surface area contributed by atoms with Crippen molar-refractivity contribution in [1.29, 1.82) is 0 Å². The van der Waals surface area contributed by atoms with Crippen LogP contribution in [0.15, 0.2) is 0 Å². The molecule has 0 spiro atoms. The Hall–Kier alpha value is 0.532. The van der Waals surface area contributed by atoms with Gasteiger partial charge in [-0.1, -0.05) is 0 Å². The average Bonchev–Trinajstić information content (AvgIpc) is 0.722. The van der Waals surface area contributed by atoms with Gasteiger partial charge in [-0.25, -0.2) is 0 Å².